The molecule has 0 aromatic heterocycles. The molecule has 1 saturated carbocycles. The van der Waals surface area contributed by atoms with E-state index in [1.54, 1.807) is 0 Å². The number of hydrogen-bond donors (Lipinski definition) is 1. The Morgan fingerprint density at radius 2 is 2.06 bits per heavy atom. The zero-order valence-corrected chi connectivity index (χ0v) is 11.2. The number of rotatable bonds is 6. The van der Waals surface area contributed by atoms with Gasteiger partial charge in [-0.3, -0.25) is 0 Å². The third-order valence-corrected chi connectivity index (χ3v) is 4.10. The van der Waals surface area contributed by atoms with Crippen LogP contribution >= 0.6 is 0 Å². The highest BCUT2D eigenvalue weighted by atomic mass is 16.5. The summed E-state index contributed by atoms with van der Waals surface area (Å²) in [5.41, 5.74) is 0.268. The zero-order chi connectivity index (χ0) is 12.0. The van der Waals surface area contributed by atoms with E-state index >= 15 is 0 Å². The van der Waals surface area contributed by atoms with Crippen LogP contribution in [0.2, 0.25) is 0 Å². The topological polar surface area (TPSA) is 30.5 Å². The third kappa shape index (κ3) is 3.94. The van der Waals surface area contributed by atoms with Crippen LogP contribution in [0, 0.1) is 0 Å². The van der Waals surface area contributed by atoms with Crippen LogP contribution in [0.1, 0.15) is 51.9 Å². The molecule has 2 rings (SSSR count). The maximum atomic E-state index is 6.29. The zero-order valence-electron chi connectivity index (χ0n) is 11.2. The maximum absolute atomic E-state index is 6.29. The van der Waals surface area contributed by atoms with Crippen molar-refractivity contribution in [1.29, 1.82) is 0 Å². The molecular formula is C14H27NO2. The van der Waals surface area contributed by atoms with Crippen molar-refractivity contribution in [2.24, 2.45) is 0 Å². The maximum Gasteiger partial charge on any atom is 0.0708 e. The van der Waals surface area contributed by atoms with Crippen molar-refractivity contribution in [3.63, 3.8) is 0 Å². The quantitative estimate of drug-likeness (QED) is 0.725. The minimum atomic E-state index is 0.268. The Morgan fingerprint density at radius 1 is 1.24 bits per heavy atom. The third-order valence-electron chi connectivity index (χ3n) is 4.10. The highest BCUT2D eigenvalue weighted by molar-refractivity contribution is 4.91. The lowest BCUT2D eigenvalue weighted by Crippen LogP contribution is -2.35. The highest BCUT2D eigenvalue weighted by Crippen LogP contribution is 2.41. The van der Waals surface area contributed by atoms with Crippen LogP contribution in [0.5, 0.6) is 0 Å². The highest BCUT2D eigenvalue weighted by Gasteiger charge is 2.40. The number of hydrogen-bond acceptors (Lipinski definition) is 3. The Balaban J connectivity index is 1.60. The molecule has 0 radical (unpaired) electrons. The van der Waals surface area contributed by atoms with Crippen molar-refractivity contribution >= 4 is 0 Å². The van der Waals surface area contributed by atoms with Gasteiger partial charge < -0.3 is 14.8 Å². The molecule has 1 aliphatic heterocycles. The van der Waals surface area contributed by atoms with Gasteiger partial charge in [-0.15, -0.1) is 0 Å². The van der Waals surface area contributed by atoms with Crippen LogP contribution < -0.4 is 5.32 Å². The van der Waals surface area contributed by atoms with Gasteiger partial charge in [0.2, 0.25) is 0 Å². The lowest BCUT2D eigenvalue weighted by molar-refractivity contribution is -0.0625. The van der Waals surface area contributed by atoms with E-state index in [2.05, 4.69) is 5.32 Å². The molecule has 3 heteroatoms. The lowest BCUT2D eigenvalue weighted by atomic mass is 9.83. The molecule has 1 aliphatic carbocycles. The Kier molecular flexibility index (Phi) is 5.26. The Bertz CT molecular complexity index is 214. The molecular weight excluding hydrogens is 214 g/mol. The molecule has 1 unspecified atom stereocenters. The first kappa shape index (κ1) is 13.3. The summed E-state index contributed by atoms with van der Waals surface area (Å²) in [6.45, 7) is 5.60. The first-order valence-corrected chi connectivity index (χ1v) is 7.31. The molecule has 1 atom stereocenters. The second-order valence-electron chi connectivity index (χ2n) is 5.42. The fourth-order valence-electron chi connectivity index (χ4n) is 3.15. The van der Waals surface area contributed by atoms with Crippen LogP contribution in [0.3, 0.4) is 0 Å². The first-order chi connectivity index (χ1) is 8.35. The van der Waals surface area contributed by atoms with Crippen LogP contribution in [0.15, 0.2) is 0 Å². The molecule has 1 N–H and O–H groups in total. The van der Waals surface area contributed by atoms with E-state index in [1.807, 2.05) is 6.92 Å². The summed E-state index contributed by atoms with van der Waals surface area (Å²) in [7, 11) is 0. The van der Waals surface area contributed by atoms with E-state index in [0.29, 0.717) is 6.10 Å². The minimum Gasteiger partial charge on any atom is -0.380 e. The van der Waals surface area contributed by atoms with Crippen LogP contribution in [-0.4, -0.2) is 38.0 Å². The van der Waals surface area contributed by atoms with Gasteiger partial charge >= 0.3 is 0 Å². The van der Waals surface area contributed by atoms with Gasteiger partial charge in [0.15, 0.2) is 0 Å². The summed E-state index contributed by atoms with van der Waals surface area (Å²) in [5.74, 6) is 0. The Labute approximate surface area is 105 Å². The molecule has 17 heavy (non-hydrogen) atoms. The molecule has 100 valence electrons. The van der Waals surface area contributed by atoms with Gasteiger partial charge in [-0.05, 0) is 32.6 Å². The standard InChI is InChI=1S/C14H27NO2/c1-2-16-11-10-15-12-13-6-9-14(17-13)7-4-3-5-8-14/h13,15H,2-12H2,1H3. The molecule has 0 aromatic rings. The van der Waals surface area contributed by atoms with Crippen LogP contribution in [0.4, 0.5) is 0 Å². The summed E-state index contributed by atoms with van der Waals surface area (Å²) in [6, 6.07) is 0. The van der Waals surface area contributed by atoms with Crippen molar-refractivity contribution in [1.82, 2.24) is 5.32 Å². The molecule has 2 fully saturated rings. The monoisotopic (exact) mass is 241 g/mol. The van der Waals surface area contributed by atoms with Crippen molar-refractivity contribution in [3.8, 4) is 0 Å². The molecule has 0 bridgehead atoms. The summed E-state index contributed by atoms with van der Waals surface area (Å²) in [4.78, 5) is 0. The smallest absolute Gasteiger partial charge is 0.0708 e. The minimum absolute atomic E-state index is 0.268. The van der Waals surface area contributed by atoms with E-state index in [-0.39, 0.29) is 5.60 Å². The van der Waals surface area contributed by atoms with Crippen molar-refractivity contribution < 1.29 is 9.47 Å². The molecule has 0 aromatic carbocycles. The molecule has 2 aliphatic rings. The Hall–Kier alpha value is -0.120. The normalized spacial score (nSPS) is 27.7. The van der Waals surface area contributed by atoms with Crippen molar-refractivity contribution in [2.45, 2.75) is 63.6 Å². The molecule has 3 nitrogen and oxygen atoms in total. The molecule has 1 saturated heterocycles. The predicted octanol–water partition coefficient (Wildman–Crippen LogP) is 2.49. The predicted molar refractivity (Wildman–Crippen MR) is 69.3 cm³/mol. The van der Waals surface area contributed by atoms with Gasteiger partial charge in [0, 0.05) is 19.7 Å². The van der Waals surface area contributed by atoms with Gasteiger partial charge in [-0.2, -0.15) is 0 Å². The summed E-state index contributed by atoms with van der Waals surface area (Å²) in [5, 5.41) is 3.43. The van der Waals surface area contributed by atoms with Gasteiger partial charge in [0.25, 0.3) is 0 Å². The van der Waals surface area contributed by atoms with E-state index in [4.69, 9.17) is 9.47 Å². The van der Waals surface area contributed by atoms with Gasteiger partial charge in [0.05, 0.1) is 18.3 Å². The average molecular weight is 241 g/mol. The van der Waals surface area contributed by atoms with E-state index in [0.717, 1.165) is 26.3 Å². The second-order valence-corrected chi connectivity index (χ2v) is 5.42. The van der Waals surface area contributed by atoms with E-state index < -0.39 is 0 Å². The fraction of sp³-hybridized carbons (Fsp3) is 1.00. The van der Waals surface area contributed by atoms with Crippen molar-refractivity contribution in [3.05, 3.63) is 0 Å². The van der Waals surface area contributed by atoms with Crippen LogP contribution in [-0.2, 0) is 9.47 Å². The lowest BCUT2D eigenvalue weighted by Gasteiger charge is -2.33. The number of ether oxygens (including phenoxy) is 2. The largest absolute Gasteiger partial charge is 0.380 e. The van der Waals surface area contributed by atoms with Crippen molar-refractivity contribution in [2.75, 3.05) is 26.3 Å². The van der Waals surface area contributed by atoms with Gasteiger partial charge in [-0.25, -0.2) is 0 Å². The van der Waals surface area contributed by atoms with E-state index in [1.165, 1.54) is 44.9 Å². The van der Waals surface area contributed by atoms with Gasteiger partial charge in [-0.1, -0.05) is 19.3 Å². The second kappa shape index (κ2) is 6.72. The average Bonchev–Trinajstić information content (AvgIpc) is 2.73. The molecule has 1 spiro atoms. The summed E-state index contributed by atoms with van der Waals surface area (Å²) >= 11 is 0. The van der Waals surface area contributed by atoms with Crippen LogP contribution in [0.25, 0.3) is 0 Å². The molecule has 1 heterocycles. The van der Waals surface area contributed by atoms with Gasteiger partial charge in [0.1, 0.15) is 0 Å². The molecule has 0 amide bonds. The summed E-state index contributed by atoms with van der Waals surface area (Å²) in [6.07, 6.45) is 9.68. The summed E-state index contributed by atoms with van der Waals surface area (Å²) < 4.78 is 11.6. The SMILES string of the molecule is CCOCCNCC1CCC2(CCCCC2)O1. The number of nitrogens with one attached hydrogen (secondary N) is 1. The first-order valence-electron chi connectivity index (χ1n) is 7.31. The van der Waals surface area contributed by atoms with E-state index in [9.17, 15) is 0 Å². The fourth-order valence-corrected chi connectivity index (χ4v) is 3.15. The Morgan fingerprint density at radius 3 is 2.82 bits per heavy atom.